The zero-order chi connectivity index (χ0) is 15.2. The molecule has 0 saturated carbocycles. The third-order valence-electron chi connectivity index (χ3n) is 3.14. The number of benzene rings is 1. The van der Waals surface area contributed by atoms with Crippen molar-refractivity contribution >= 4 is 22.6 Å². The van der Waals surface area contributed by atoms with E-state index < -0.39 is 6.10 Å². The number of ether oxygens (including phenoxy) is 2. The molecule has 1 heterocycles. The maximum atomic E-state index is 11.9. The van der Waals surface area contributed by atoms with Crippen molar-refractivity contribution in [3.63, 3.8) is 0 Å². The third-order valence-corrected chi connectivity index (χ3v) is 3.14. The van der Waals surface area contributed by atoms with Crippen LogP contribution in [0.2, 0.25) is 0 Å². The number of rotatable bonds is 6. The second-order valence-corrected chi connectivity index (χ2v) is 4.70. The second kappa shape index (κ2) is 6.92. The van der Waals surface area contributed by atoms with E-state index in [2.05, 4.69) is 4.98 Å². The first-order chi connectivity index (χ1) is 10.2. The van der Waals surface area contributed by atoms with Gasteiger partial charge in [0.15, 0.2) is 6.10 Å². The molecular formula is C16H20N2O3. The van der Waals surface area contributed by atoms with Crippen molar-refractivity contribution in [2.75, 3.05) is 12.3 Å². The maximum absolute atomic E-state index is 11.9. The third kappa shape index (κ3) is 3.42. The molecule has 0 fully saturated rings. The van der Waals surface area contributed by atoms with Crippen molar-refractivity contribution < 1.29 is 14.3 Å². The lowest BCUT2D eigenvalue weighted by atomic mass is 10.1. The number of carbonyl (C=O) groups excluding carboxylic acids is 1. The Kier molecular flexibility index (Phi) is 4.98. The van der Waals surface area contributed by atoms with Crippen LogP contribution in [0.25, 0.3) is 10.9 Å². The summed E-state index contributed by atoms with van der Waals surface area (Å²) in [4.78, 5) is 16.3. The van der Waals surface area contributed by atoms with E-state index in [1.165, 1.54) is 0 Å². The average Bonchev–Trinajstić information content (AvgIpc) is 2.50. The summed E-state index contributed by atoms with van der Waals surface area (Å²) >= 11 is 0. The summed E-state index contributed by atoms with van der Waals surface area (Å²) in [7, 11) is 0. The molecule has 1 aromatic carbocycles. The Balaban J connectivity index is 2.32. The molecule has 0 aliphatic carbocycles. The lowest BCUT2D eigenvalue weighted by molar-refractivity contribution is -0.151. The van der Waals surface area contributed by atoms with E-state index in [-0.39, 0.29) is 5.97 Å². The van der Waals surface area contributed by atoms with Gasteiger partial charge in [0.2, 0.25) is 0 Å². The van der Waals surface area contributed by atoms with E-state index in [0.717, 1.165) is 11.8 Å². The first-order valence-electron chi connectivity index (χ1n) is 7.13. The van der Waals surface area contributed by atoms with Crippen LogP contribution < -0.4 is 10.5 Å². The highest BCUT2D eigenvalue weighted by Crippen LogP contribution is 2.29. The highest BCUT2D eigenvalue weighted by molar-refractivity contribution is 5.94. The van der Waals surface area contributed by atoms with E-state index in [1.807, 2.05) is 19.1 Å². The molecule has 5 nitrogen and oxygen atoms in total. The smallest absolute Gasteiger partial charge is 0.347 e. The van der Waals surface area contributed by atoms with Crippen LogP contribution >= 0.6 is 0 Å². The van der Waals surface area contributed by atoms with Crippen LogP contribution in [0.5, 0.6) is 5.75 Å². The van der Waals surface area contributed by atoms with Gasteiger partial charge in [0.25, 0.3) is 0 Å². The fourth-order valence-electron chi connectivity index (χ4n) is 2.14. The molecule has 0 amide bonds. The minimum absolute atomic E-state index is 0.336. The number of anilines is 1. The predicted octanol–water partition coefficient (Wildman–Crippen LogP) is 2.93. The van der Waals surface area contributed by atoms with Crippen LogP contribution in [0.1, 0.15) is 26.7 Å². The minimum atomic E-state index is -0.621. The summed E-state index contributed by atoms with van der Waals surface area (Å²) in [6.45, 7) is 4.11. The number of nitrogen functional groups attached to an aromatic ring is 1. The standard InChI is InChI=1S/C16H20N2O3/c1-3-6-14(16(19)20-4-2)21-13-9-8-12(17)11-7-5-10-18-15(11)13/h5,7-10,14H,3-4,6,17H2,1-2H3. The predicted molar refractivity (Wildman–Crippen MR) is 82.1 cm³/mol. The van der Waals surface area contributed by atoms with Crippen LogP contribution in [-0.2, 0) is 9.53 Å². The SMILES string of the molecule is CCCC(Oc1ccc(N)c2cccnc12)C(=O)OCC. The van der Waals surface area contributed by atoms with Crippen LogP contribution in [0.15, 0.2) is 30.5 Å². The topological polar surface area (TPSA) is 74.4 Å². The number of pyridine rings is 1. The van der Waals surface area contributed by atoms with Gasteiger partial charge in [-0.2, -0.15) is 0 Å². The molecule has 0 saturated heterocycles. The lowest BCUT2D eigenvalue weighted by Crippen LogP contribution is -2.29. The van der Waals surface area contributed by atoms with Crippen molar-refractivity contribution in [2.24, 2.45) is 0 Å². The van der Waals surface area contributed by atoms with Crippen molar-refractivity contribution in [1.82, 2.24) is 4.98 Å². The molecule has 112 valence electrons. The van der Waals surface area contributed by atoms with Crippen molar-refractivity contribution in [2.45, 2.75) is 32.8 Å². The highest BCUT2D eigenvalue weighted by atomic mass is 16.6. The van der Waals surface area contributed by atoms with Gasteiger partial charge in [-0.15, -0.1) is 0 Å². The Morgan fingerprint density at radius 2 is 2.14 bits per heavy atom. The average molecular weight is 288 g/mol. The van der Waals surface area contributed by atoms with E-state index in [4.69, 9.17) is 15.2 Å². The van der Waals surface area contributed by atoms with Gasteiger partial charge in [0.05, 0.1) is 6.61 Å². The summed E-state index contributed by atoms with van der Waals surface area (Å²) in [6, 6.07) is 7.20. The van der Waals surface area contributed by atoms with Gasteiger partial charge in [0.1, 0.15) is 11.3 Å². The van der Waals surface area contributed by atoms with E-state index in [9.17, 15) is 4.79 Å². The van der Waals surface area contributed by atoms with E-state index in [1.54, 1.807) is 25.3 Å². The van der Waals surface area contributed by atoms with Gasteiger partial charge in [0, 0.05) is 17.3 Å². The molecule has 2 aromatic rings. The molecule has 1 atom stereocenters. The molecular weight excluding hydrogens is 268 g/mol. The summed E-state index contributed by atoms with van der Waals surface area (Å²) in [6.07, 6.45) is 2.47. The van der Waals surface area contributed by atoms with E-state index in [0.29, 0.717) is 30.0 Å². The molecule has 0 aliphatic heterocycles. The van der Waals surface area contributed by atoms with Crippen LogP contribution in [-0.4, -0.2) is 23.7 Å². The second-order valence-electron chi connectivity index (χ2n) is 4.70. The Labute approximate surface area is 124 Å². The first-order valence-corrected chi connectivity index (χ1v) is 7.13. The fourth-order valence-corrected chi connectivity index (χ4v) is 2.14. The minimum Gasteiger partial charge on any atom is -0.476 e. The quantitative estimate of drug-likeness (QED) is 0.653. The molecule has 2 N–H and O–H groups in total. The number of aromatic nitrogens is 1. The Hall–Kier alpha value is -2.30. The van der Waals surface area contributed by atoms with Crippen molar-refractivity contribution in [3.05, 3.63) is 30.5 Å². The normalized spacial score (nSPS) is 12.1. The molecule has 1 unspecified atom stereocenters. The molecule has 5 heteroatoms. The molecule has 2 rings (SSSR count). The molecule has 0 spiro atoms. The summed E-state index contributed by atoms with van der Waals surface area (Å²) in [5.41, 5.74) is 7.22. The Bertz CT molecular complexity index is 628. The molecule has 0 aliphatic rings. The number of fused-ring (bicyclic) bond motifs is 1. The van der Waals surface area contributed by atoms with Crippen LogP contribution in [0.3, 0.4) is 0 Å². The van der Waals surface area contributed by atoms with Crippen LogP contribution in [0.4, 0.5) is 5.69 Å². The van der Waals surface area contributed by atoms with Gasteiger partial charge in [-0.25, -0.2) is 4.79 Å². The van der Waals surface area contributed by atoms with Gasteiger partial charge >= 0.3 is 5.97 Å². The van der Waals surface area contributed by atoms with Gasteiger partial charge in [-0.3, -0.25) is 4.98 Å². The molecule has 21 heavy (non-hydrogen) atoms. The number of nitrogens with two attached hydrogens (primary N) is 1. The summed E-state index contributed by atoms with van der Waals surface area (Å²) in [5, 5.41) is 0.814. The number of esters is 1. The summed E-state index contributed by atoms with van der Waals surface area (Å²) in [5.74, 6) is 0.201. The Morgan fingerprint density at radius 3 is 2.86 bits per heavy atom. The number of carbonyl (C=O) groups is 1. The molecule has 0 bridgehead atoms. The van der Waals surface area contributed by atoms with Gasteiger partial charge in [-0.05, 0) is 37.6 Å². The Morgan fingerprint density at radius 1 is 1.33 bits per heavy atom. The van der Waals surface area contributed by atoms with Crippen molar-refractivity contribution in [3.8, 4) is 5.75 Å². The van der Waals surface area contributed by atoms with Gasteiger partial charge in [-0.1, -0.05) is 13.3 Å². The lowest BCUT2D eigenvalue weighted by Gasteiger charge is -2.18. The first kappa shape index (κ1) is 15.1. The largest absolute Gasteiger partial charge is 0.476 e. The van der Waals surface area contributed by atoms with E-state index >= 15 is 0 Å². The number of hydrogen-bond acceptors (Lipinski definition) is 5. The fraction of sp³-hybridized carbons (Fsp3) is 0.375. The zero-order valence-corrected chi connectivity index (χ0v) is 12.3. The maximum Gasteiger partial charge on any atom is 0.347 e. The number of nitrogens with zero attached hydrogens (tertiary/aromatic N) is 1. The zero-order valence-electron chi connectivity index (χ0n) is 12.3. The molecule has 1 aromatic heterocycles. The van der Waals surface area contributed by atoms with Gasteiger partial charge < -0.3 is 15.2 Å². The van der Waals surface area contributed by atoms with Crippen molar-refractivity contribution in [1.29, 1.82) is 0 Å². The summed E-state index contributed by atoms with van der Waals surface area (Å²) < 4.78 is 10.9. The number of hydrogen-bond donors (Lipinski definition) is 1. The van der Waals surface area contributed by atoms with Crippen LogP contribution in [0, 0.1) is 0 Å². The highest BCUT2D eigenvalue weighted by Gasteiger charge is 2.22. The molecule has 0 radical (unpaired) electrons. The monoisotopic (exact) mass is 288 g/mol.